The number of carbonyl (C=O) groups excluding carboxylic acids is 1. The molecule has 0 aliphatic carbocycles. The van der Waals surface area contributed by atoms with Gasteiger partial charge in [0, 0.05) is 45.3 Å². The van der Waals surface area contributed by atoms with Crippen LogP contribution in [-0.2, 0) is 39.0 Å². The first kappa shape index (κ1) is 39.0. The Morgan fingerprint density at radius 3 is 1.73 bits per heavy atom. The van der Waals surface area contributed by atoms with E-state index in [2.05, 4.69) is 99.0 Å². The molecule has 0 saturated heterocycles. The maximum absolute atomic E-state index is 12.2. The number of thiazole rings is 1. The van der Waals surface area contributed by atoms with Crippen LogP contribution in [0.15, 0.2) is 96.6 Å². The van der Waals surface area contributed by atoms with E-state index in [1.165, 1.54) is 50.3 Å². The standard InChI is InChI=1S/C23H25N3O2S.C19H24N2O.ClH/c1-16(25-23(27)22-12-24-15-29-22)18-8-6-17(7-9-18)13-26-11-10-20-19(14-26)4-3-5-21(20)28-2;1-14(20)16-8-6-15(7-9-16)12-21-11-10-18-17(13-21)4-3-5-19(18)22-2;/h3-9,12,15-16H,10-11,13-14H2,1-2H3,(H,25,27);3-9,14H,10-13,20H2,1-2H3;1H/t16-;14-;/m00./s1. The Morgan fingerprint density at radius 1 is 0.788 bits per heavy atom. The third-order valence-electron chi connectivity index (χ3n) is 9.85. The summed E-state index contributed by atoms with van der Waals surface area (Å²) in [5.74, 6) is 1.95. The van der Waals surface area contributed by atoms with Gasteiger partial charge in [0.05, 0.1) is 32.0 Å². The van der Waals surface area contributed by atoms with Crippen LogP contribution >= 0.6 is 23.7 Å². The Hall–Kier alpha value is -4.25. The van der Waals surface area contributed by atoms with E-state index in [1.807, 2.05) is 19.9 Å². The molecule has 274 valence electrons. The number of halogens is 1. The van der Waals surface area contributed by atoms with Crippen molar-refractivity contribution < 1.29 is 14.3 Å². The van der Waals surface area contributed by atoms with Gasteiger partial charge in [-0.15, -0.1) is 23.7 Å². The van der Waals surface area contributed by atoms with Crippen LogP contribution in [0.5, 0.6) is 11.5 Å². The largest absolute Gasteiger partial charge is 0.496 e. The minimum Gasteiger partial charge on any atom is -0.496 e. The molecular weight excluding hydrogens is 690 g/mol. The number of nitrogens with zero attached hydrogens (tertiary/aromatic N) is 3. The van der Waals surface area contributed by atoms with Crippen LogP contribution in [0.3, 0.4) is 0 Å². The van der Waals surface area contributed by atoms with Gasteiger partial charge in [0.25, 0.3) is 5.91 Å². The van der Waals surface area contributed by atoms with E-state index in [0.717, 1.165) is 69.2 Å². The summed E-state index contributed by atoms with van der Waals surface area (Å²) in [6.07, 6.45) is 3.66. The SMILES string of the molecule is COc1cccc2c1CCN(Cc1ccc([C@H](C)N)cc1)C2.COc1cccc2c1CCN(Cc1ccc([C@H](C)NC(=O)c3cncs3)cc1)C2.Cl. The van der Waals surface area contributed by atoms with Crippen LogP contribution in [0.2, 0.25) is 0 Å². The minimum atomic E-state index is -0.0773. The van der Waals surface area contributed by atoms with Gasteiger partial charge in [-0.3, -0.25) is 19.6 Å². The lowest BCUT2D eigenvalue weighted by Crippen LogP contribution is -2.30. The molecule has 1 amide bonds. The molecule has 8 nitrogen and oxygen atoms in total. The number of methoxy groups -OCH3 is 2. The van der Waals surface area contributed by atoms with Crippen molar-refractivity contribution in [1.29, 1.82) is 0 Å². The van der Waals surface area contributed by atoms with E-state index in [4.69, 9.17) is 15.2 Å². The molecule has 7 rings (SSSR count). The third-order valence-corrected chi connectivity index (χ3v) is 10.6. The second-order valence-corrected chi connectivity index (χ2v) is 14.3. The van der Waals surface area contributed by atoms with Crippen molar-refractivity contribution in [2.75, 3.05) is 27.3 Å². The molecule has 5 aromatic rings. The molecule has 0 saturated carbocycles. The second kappa shape index (κ2) is 18.5. The summed E-state index contributed by atoms with van der Waals surface area (Å²) in [5.41, 5.74) is 17.9. The molecule has 0 radical (unpaired) electrons. The van der Waals surface area contributed by atoms with E-state index in [0.29, 0.717) is 4.88 Å². The lowest BCUT2D eigenvalue weighted by molar-refractivity contribution is 0.0943. The molecule has 1 aromatic heterocycles. The van der Waals surface area contributed by atoms with Crippen molar-refractivity contribution in [3.8, 4) is 11.5 Å². The fraction of sp³-hybridized carbons (Fsp3) is 0.333. The Bertz CT molecular complexity index is 1880. The highest BCUT2D eigenvalue weighted by Gasteiger charge is 2.21. The number of fused-ring (bicyclic) bond motifs is 2. The number of carbonyl (C=O) groups is 1. The Balaban J connectivity index is 0.000000205. The topological polar surface area (TPSA) is 93.0 Å². The van der Waals surface area contributed by atoms with Crippen molar-refractivity contribution in [3.63, 3.8) is 0 Å². The highest BCUT2D eigenvalue weighted by atomic mass is 35.5. The molecule has 3 N–H and O–H groups in total. The molecule has 2 aliphatic rings. The molecule has 3 heterocycles. The summed E-state index contributed by atoms with van der Waals surface area (Å²) >= 11 is 1.35. The lowest BCUT2D eigenvalue weighted by atomic mass is 9.98. The number of hydrogen-bond acceptors (Lipinski definition) is 8. The molecule has 2 atom stereocenters. The van der Waals surface area contributed by atoms with E-state index >= 15 is 0 Å². The lowest BCUT2D eigenvalue weighted by Gasteiger charge is -2.29. The molecule has 0 bridgehead atoms. The van der Waals surface area contributed by atoms with Gasteiger partial charge in [0.2, 0.25) is 0 Å². The summed E-state index contributed by atoms with van der Waals surface area (Å²) in [5, 5.41) is 3.03. The van der Waals surface area contributed by atoms with Crippen LogP contribution in [0.4, 0.5) is 0 Å². The normalized spacial score (nSPS) is 15.1. The van der Waals surface area contributed by atoms with E-state index in [1.54, 1.807) is 25.9 Å². The van der Waals surface area contributed by atoms with Gasteiger partial charge in [0.1, 0.15) is 16.4 Å². The average molecular weight is 740 g/mol. The molecule has 0 spiro atoms. The summed E-state index contributed by atoms with van der Waals surface area (Å²) in [7, 11) is 3.49. The zero-order valence-corrected chi connectivity index (χ0v) is 32.1. The number of amides is 1. The Labute approximate surface area is 318 Å². The average Bonchev–Trinajstić information content (AvgIpc) is 3.71. The van der Waals surface area contributed by atoms with Crippen LogP contribution in [-0.4, -0.2) is 48.0 Å². The van der Waals surface area contributed by atoms with Crippen molar-refractivity contribution in [2.24, 2.45) is 5.73 Å². The monoisotopic (exact) mass is 739 g/mol. The number of nitrogens with two attached hydrogens (primary N) is 1. The summed E-state index contributed by atoms with van der Waals surface area (Å²) in [4.78, 5) is 21.8. The van der Waals surface area contributed by atoms with Gasteiger partial charge in [-0.2, -0.15) is 0 Å². The van der Waals surface area contributed by atoms with E-state index in [-0.39, 0.29) is 30.4 Å². The molecule has 52 heavy (non-hydrogen) atoms. The van der Waals surface area contributed by atoms with Crippen molar-refractivity contribution >= 4 is 29.7 Å². The quantitative estimate of drug-likeness (QED) is 0.151. The second-order valence-electron chi connectivity index (χ2n) is 13.4. The fourth-order valence-electron chi connectivity index (χ4n) is 6.95. The number of ether oxygens (including phenoxy) is 2. The van der Waals surface area contributed by atoms with Gasteiger partial charge >= 0.3 is 0 Å². The van der Waals surface area contributed by atoms with Gasteiger partial charge in [-0.1, -0.05) is 72.8 Å². The number of nitrogens with one attached hydrogen (secondary N) is 1. The third kappa shape index (κ3) is 9.79. The smallest absolute Gasteiger partial charge is 0.263 e. The van der Waals surface area contributed by atoms with Crippen LogP contribution in [0.1, 0.15) is 80.1 Å². The Morgan fingerprint density at radius 2 is 1.29 bits per heavy atom. The van der Waals surface area contributed by atoms with Gasteiger partial charge in [-0.25, -0.2) is 0 Å². The fourth-order valence-corrected chi connectivity index (χ4v) is 7.47. The predicted octanol–water partition coefficient (Wildman–Crippen LogP) is 7.90. The first-order chi connectivity index (χ1) is 24.8. The first-order valence-electron chi connectivity index (χ1n) is 17.7. The van der Waals surface area contributed by atoms with Gasteiger partial charge in [0.15, 0.2) is 0 Å². The highest BCUT2D eigenvalue weighted by Crippen LogP contribution is 2.30. The molecule has 2 aliphatic heterocycles. The molecule has 10 heteroatoms. The first-order valence-corrected chi connectivity index (χ1v) is 18.6. The molecular formula is C42H50ClN5O3S. The molecule has 0 fully saturated rings. The van der Waals surface area contributed by atoms with Crippen molar-refractivity contribution in [2.45, 2.75) is 65.0 Å². The zero-order chi connectivity index (χ0) is 35.7. The van der Waals surface area contributed by atoms with Gasteiger partial charge in [-0.05, 0) is 83.3 Å². The zero-order valence-electron chi connectivity index (χ0n) is 30.5. The molecule has 4 aromatic carbocycles. The van der Waals surface area contributed by atoms with Crippen LogP contribution < -0.4 is 20.5 Å². The Kier molecular flexibility index (Phi) is 13.9. The van der Waals surface area contributed by atoms with Crippen LogP contribution in [0.25, 0.3) is 0 Å². The van der Waals surface area contributed by atoms with Crippen molar-refractivity contribution in [1.82, 2.24) is 20.1 Å². The maximum atomic E-state index is 12.2. The number of benzene rings is 4. The predicted molar refractivity (Wildman–Crippen MR) is 212 cm³/mol. The van der Waals surface area contributed by atoms with Crippen LogP contribution in [0, 0.1) is 0 Å². The maximum Gasteiger partial charge on any atom is 0.263 e. The number of aromatic nitrogens is 1. The van der Waals surface area contributed by atoms with E-state index < -0.39 is 0 Å². The summed E-state index contributed by atoms with van der Waals surface area (Å²) < 4.78 is 11.0. The summed E-state index contributed by atoms with van der Waals surface area (Å²) in [6.45, 7) is 9.94. The van der Waals surface area contributed by atoms with Crippen molar-refractivity contribution in [3.05, 3.63) is 146 Å². The summed E-state index contributed by atoms with van der Waals surface area (Å²) in [6, 6.07) is 29.9. The van der Waals surface area contributed by atoms with Gasteiger partial charge < -0.3 is 20.5 Å². The highest BCUT2D eigenvalue weighted by molar-refractivity contribution is 7.11. The number of hydrogen-bond donors (Lipinski definition) is 2. The van der Waals surface area contributed by atoms with E-state index in [9.17, 15) is 4.79 Å². The molecule has 0 unspecified atom stereocenters. The minimum absolute atomic E-state index is 0. The number of rotatable bonds is 10.